The molecular formula is C72H90N16O8. The third kappa shape index (κ3) is 13.9. The summed E-state index contributed by atoms with van der Waals surface area (Å²) in [5.74, 6) is 4.10. The van der Waals surface area contributed by atoms with E-state index < -0.39 is 12.1 Å². The van der Waals surface area contributed by atoms with E-state index >= 15 is 9.59 Å². The Labute approximate surface area is 562 Å². The molecule has 6 amide bonds. The molecule has 10 heterocycles. The van der Waals surface area contributed by atoms with Crippen molar-refractivity contribution in [2.75, 3.05) is 152 Å². The third-order valence-corrected chi connectivity index (χ3v) is 20.1. The first-order valence-corrected chi connectivity index (χ1v) is 34.5. The van der Waals surface area contributed by atoms with Crippen LogP contribution in [-0.2, 0) is 18.9 Å². The molecule has 4 bridgehead atoms. The van der Waals surface area contributed by atoms with Gasteiger partial charge in [0.1, 0.15) is 23.3 Å². The fourth-order valence-electron chi connectivity index (χ4n) is 15.1. The van der Waals surface area contributed by atoms with Crippen molar-refractivity contribution in [2.24, 2.45) is 0 Å². The highest BCUT2D eigenvalue weighted by Crippen LogP contribution is 2.39. The summed E-state index contributed by atoms with van der Waals surface area (Å²) in [6, 6.07) is 32.4. The van der Waals surface area contributed by atoms with E-state index in [1.54, 1.807) is 72.8 Å². The molecule has 8 atom stereocenters. The molecule has 0 aliphatic carbocycles. The number of aromatic nitrogens is 4. The van der Waals surface area contributed by atoms with Crippen molar-refractivity contribution in [2.45, 2.75) is 122 Å². The Morgan fingerprint density at radius 3 is 1.16 bits per heavy atom. The number of anilines is 8. The van der Waals surface area contributed by atoms with Gasteiger partial charge in [0.05, 0.1) is 86.4 Å². The summed E-state index contributed by atoms with van der Waals surface area (Å²) in [6.45, 7) is 23.4. The number of hydrogen-bond donors (Lipinski definition) is 2. The third-order valence-electron chi connectivity index (χ3n) is 20.1. The van der Waals surface area contributed by atoms with Crippen molar-refractivity contribution in [1.29, 1.82) is 0 Å². The molecule has 24 nitrogen and oxygen atoms in total. The van der Waals surface area contributed by atoms with Gasteiger partial charge in [0.15, 0.2) is 11.6 Å². The summed E-state index contributed by atoms with van der Waals surface area (Å²) >= 11 is 0. The molecule has 0 radical (unpaired) electrons. The van der Waals surface area contributed by atoms with E-state index in [4.69, 9.17) is 38.9 Å². The summed E-state index contributed by atoms with van der Waals surface area (Å²) in [6.07, 6.45) is 4.01. The SMILES string of the molecule is CC1CN(c2cc(N3C4CCC3COC4)nc(-c3ccc(N(C(=O)Nc4ccc(C(=O)N5CCN(C)CC5)cc4)N(C(=O)Nc4ccc(C(=O)N5CCN(C(C)C)CC5)cc4)c4ccc(-c5nc(N6CC(C)OC(C)C6)cc(N6C7CCC6COC7)n5)cc4)cc3)n2)CC(C)O1. The van der Waals surface area contributed by atoms with Crippen molar-refractivity contribution in [3.63, 3.8) is 0 Å². The second-order valence-electron chi connectivity index (χ2n) is 27.5. The molecule has 4 aromatic carbocycles. The number of rotatable bonds is 13. The van der Waals surface area contributed by atoms with Gasteiger partial charge in [-0.25, -0.2) is 29.5 Å². The summed E-state index contributed by atoms with van der Waals surface area (Å²) in [5.41, 5.74) is 3.82. The quantitative estimate of drug-likeness (QED) is 0.103. The predicted molar refractivity (Wildman–Crippen MR) is 371 cm³/mol. The molecule has 8 aliphatic rings. The number of ether oxygens (including phenoxy) is 4. The number of nitrogens with one attached hydrogen (secondary N) is 2. The number of urea groups is 2. The summed E-state index contributed by atoms with van der Waals surface area (Å²) in [7, 11) is 2.05. The van der Waals surface area contributed by atoms with Crippen LogP contribution in [0.2, 0.25) is 0 Å². The highest BCUT2D eigenvalue weighted by Gasteiger charge is 2.41. The fraction of sp³-hybridized carbons (Fsp3) is 0.500. The van der Waals surface area contributed by atoms with E-state index in [9.17, 15) is 9.59 Å². The normalized spacial score (nSPS) is 24.7. The van der Waals surface area contributed by atoms with Crippen LogP contribution in [0.15, 0.2) is 109 Å². The van der Waals surface area contributed by atoms with Crippen LogP contribution in [0.3, 0.4) is 0 Å². The molecule has 8 saturated heterocycles. The van der Waals surface area contributed by atoms with Gasteiger partial charge in [-0.2, -0.15) is 10.0 Å². The number of morpholine rings is 4. The Morgan fingerprint density at radius 1 is 0.458 bits per heavy atom. The maximum absolute atomic E-state index is 15.8. The van der Waals surface area contributed by atoms with Crippen molar-refractivity contribution in [3.8, 4) is 22.8 Å². The van der Waals surface area contributed by atoms with E-state index in [0.29, 0.717) is 141 Å². The first kappa shape index (κ1) is 64.8. The van der Waals surface area contributed by atoms with Crippen molar-refractivity contribution < 1.29 is 38.1 Å². The van der Waals surface area contributed by atoms with E-state index in [2.05, 4.69) is 93.7 Å². The molecule has 6 aromatic rings. The van der Waals surface area contributed by atoms with Gasteiger partial charge in [-0.3, -0.25) is 14.5 Å². The highest BCUT2D eigenvalue weighted by molar-refractivity contribution is 6.13. The Kier molecular flexibility index (Phi) is 18.8. The number of nitrogens with zero attached hydrogens (tertiary/aromatic N) is 14. The zero-order valence-corrected chi connectivity index (χ0v) is 56.3. The Hall–Kier alpha value is -8.52. The van der Waals surface area contributed by atoms with Crippen molar-refractivity contribution >= 4 is 69.9 Å². The monoisotopic (exact) mass is 1310 g/mol. The predicted octanol–water partition coefficient (Wildman–Crippen LogP) is 8.81. The largest absolute Gasteiger partial charge is 0.377 e. The number of hydrogen-bond acceptors (Lipinski definition) is 18. The number of benzene rings is 4. The fourth-order valence-corrected chi connectivity index (χ4v) is 15.1. The minimum absolute atomic E-state index is 0.00803. The summed E-state index contributed by atoms with van der Waals surface area (Å²) in [5, 5.41) is 8.80. The Morgan fingerprint density at radius 2 is 0.802 bits per heavy atom. The van der Waals surface area contributed by atoms with Crippen LogP contribution in [0.4, 0.5) is 55.6 Å². The number of piperazine rings is 2. The lowest BCUT2D eigenvalue weighted by atomic mass is 10.1. The molecule has 8 unspecified atom stereocenters. The van der Waals surface area contributed by atoms with Gasteiger partial charge in [-0.15, -0.1) is 0 Å². The smallest absolute Gasteiger partial charge is 0.345 e. The number of carbonyl (C=O) groups excluding carboxylic acids is 4. The minimum Gasteiger partial charge on any atom is -0.377 e. The standard InChI is InChI=1S/C72H90N16O8/c1-46(2)80-32-34-82(35-33-80)70(90)54-10-18-56(19-11-54)74-72(92)88(58-22-14-52(15-23-58)68-76-64(84-40-49(5)96-50(6)41-84)37-66(78-68)86-61-26-27-62(86)45-94-44-61)87(71(91)73-55-16-8-53(9-17-55)69(89)81-30-28-79(7)29-31-81)57-20-12-51(13-21-57)67-75-63(83-38-47(3)95-48(4)39-83)36-65(77-67)85-59-24-25-60(85)43-93-42-59/h8-23,36-37,46-50,59-62H,24-35,38-45H2,1-7H3,(H,73,91)(H,74,92). The lowest BCUT2D eigenvalue weighted by molar-refractivity contribution is -0.00572. The molecule has 2 N–H and O–H groups in total. The van der Waals surface area contributed by atoms with Gasteiger partial charge >= 0.3 is 12.1 Å². The van der Waals surface area contributed by atoms with Crippen LogP contribution in [0.25, 0.3) is 22.8 Å². The van der Waals surface area contributed by atoms with Gasteiger partial charge in [-0.05, 0) is 171 Å². The van der Waals surface area contributed by atoms with E-state index in [1.807, 2.05) is 41.1 Å². The van der Waals surface area contributed by atoms with Crippen LogP contribution >= 0.6 is 0 Å². The lowest BCUT2D eigenvalue weighted by Gasteiger charge is -2.38. The van der Waals surface area contributed by atoms with Gasteiger partial charge in [-0.1, -0.05) is 0 Å². The van der Waals surface area contributed by atoms with E-state index in [1.165, 1.54) is 10.0 Å². The topological polar surface area (TPSA) is 213 Å². The number of carbonyl (C=O) groups is 4. The maximum Gasteiger partial charge on any atom is 0.345 e. The Balaban J connectivity index is 0.846. The highest BCUT2D eigenvalue weighted by atomic mass is 16.5. The van der Waals surface area contributed by atoms with Crippen LogP contribution in [-0.4, -0.2) is 230 Å². The molecule has 506 valence electrons. The molecule has 8 fully saturated rings. The van der Waals surface area contributed by atoms with Crippen molar-refractivity contribution in [1.82, 2.24) is 39.5 Å². The number of amides is 6. The zero-order valence-electron chi connectivity index (χ0n) is 56.3. The second-order valence-corrected chi connectivity index (χ2v) is 27.5. The van der Waals surface area contributed by atoms with E-state index in [0.717, 1.165) is 75.1 Å². The zero-order chi connectivity index (χ0) is 66.3. The van der Waals surface area contributed by atoms with Gasteiger partial charge < -0.3 is 63.9 Å². The van der Waals surface area contributed by atoms with Crippen LogP contribution in [0.1, 0.15) is 87.9 Å². The molecule has 24 heteroatoms. The molecule has 96 heavy (non-hydrogen) atoms. The first-order valence-electron chi connectivity index (χ1n) is 34.5. The molecule has 0 saturated carbocycles. The first-order chi connectivity index (χ1) is 46.5. The summed E-state index contributed by atoms with van der Waals surface area (Å²) < 4.78 is 24.4. The maximum atomic E-state index is 15.8. The van der Waals surface area contributed by atoms with Crippen LogP contribution < -0.4 is 40.3 Å². The number of likely N-dealkylation sites (N-methyl/N-ethyl adjacent to an activating group) is 1. The molecule has 14 rings (SSSR count). The molecule has 8 aliphatic heterocycles. The Bertz CT molecular complexity index is 3710. The van der Waals surface area contributed by atoms with Gasteiger partial charge in [0.25, 0.3) is 11.8 Å². The molecule has 0 spiro atoms. The second kappa shape index (κ2) is 27.9. The number of fused-ring (bicyclic) bond motifs is 4. The number of hydrazine groups is 1. The van der Waals surface area contributed by atoms with Gasteiger partial charge in [0, 0.05) is 130 Å². The average molecular weight is 1310 g/mol. The minimum atomic E-state index is -0.688. The van der Waals surface area contributed by atoms with Crippen LogP contribution in [0.5, 0.6) is 0 Å². The lowest BCUT2D eigenvalue weighted by Crippen LogP contribution is -2.54. The van der Waals surface area contributed by atoms with Crippen LogP contribution in [0, 0.1) is 0 Å². The van der Waals surface area contributed by atoms with Gasteiger partial charge in [0.2, 0.25) is 0 Å². The van der Waals surface area contributed by atoms with E-state index in [-0.39, 0.29) is 60.4 Å². The summed E-state index contributed by atoms with van der Waals surface area (Å²) in [4.78, 5) is 98.0. The van der Waals surface area contributed by atoms with Crippen molar-refractivity contribution in [3.05, 3.63) is 120 Å². The molecule has 2 aromatic heterocycles. The molecular weight excluding hydrogens is 1220 g/mol. The average Bonchev–Trinajstić information content (AvgIpc) is 1.28.